The molecule has 108 valence electrons. The van der Waals surface area contributed by atoms with Gasteiger partial charge in [-0.05, 0) is 25.3 Å². The van der Waals surface area contributed by atoms with Crippen LogP contribution >= 0.6 is 0 Å². The van der Waals surface area contributed by atoms with E-state index in [0.717, 1.165) is 12.4 Å². The molecule has 2 rings (SSSR count). The van der Waals surface area contributed by atoms with Crippen molar-refractivity contribution in [1.29, 1.82) is 0 Å². The van der Waals surface area contributed by atoms with E-state index in [9.17, 15) is 0 Å². The van der Waals surface area contributed by atoms with Gasteiger partial charge in [0.2, 0.25) is 0 Å². The fourth-order valence-corrected chi connectivity index (χ4v) is 3.31. The minimum atomic E-state index is 0.193. The summed E-state index contributed by atoms with van der Waals surface area (Å²) >= 11 is 0. The summed E-state index contributed by atoms with van der Waals surface area (Å²) in [6, 6.07) is 0.193. The first-order chi connectivity index (χ1) is 9.27. The molecule has 0 radical (unpaired) electrons. The summed E-state index contributed by atoms with van der Waals surface area (Å²) in [6.45, 7) is 3.08. The van der Waals surface area contributed by atoms with E-state index >= 15 is 0 Å². The Morgan fingerprint density at radius 1 is 1.42 bits per heavy atom. The molecular formula is C15H27N3O. The number of nitrogens with one attached hydrogen (secondary N) is 1. The van der Waals surface area contributed by atoms with Gasteiger partial charge in [0, 0.05) is 26.6 Å². The van der Waals surface area contributed by atoms with Gasteiger partial charge in [-0.2, -0.15) is 0 Å². The first-order valence-electron chi connectivity index (χ1n) is 7.51. The average molecular weight is 265 g/mol. The smallest absolute Gasteiger partial charge is 0.128 e. The van der Waals surface area contributed by atoms with E-state index < -0.39 is 0 Å². The molecule has 1 aliphatic carbocycles. The van der Waals surface area contributed by atoms with Crippen LogP contribution in [-0.4, -0.2) is 29.3 Å². The van der Waals surface area contributed by atoms with Crippen LogP contribution in [0.25, 0.3) is 0 Å². The maximum Gasteiger partial charge on any atom is 0.128 e. The van der Waals surface area contributed by atoms with Crippen molar-refractivity contribution < 1.29 is 4.74 Å². The SMILES string of the molecule is CCNC(c1nccn1C)C(OC)C1CCCCC1. The third-order valence-electron chi connectivity index (χ3n) is 4.28. The average Bonchev–Trinajstić information content (AvgIpc) is 2.86. The van der Waals surface area contributed by atoms with Gasteiger partial charge in [-0.3, -0.25) is 0 Å². The van der Waals surface area contributed by atoms with E-state index in [-0.39, 0.29) is 12.1 Å². The second kappa shape index (κ2) is 7.06. The molecule has 4 nitrogen and oxygen atoms in total. The third kappa shape index (κ3) is 3.37. The topological polar surface area (TPSA) is 39.1 Å². The molecule has 0 spiro atoms. The van der Waals surface area contributed by atoms with Gasteiger partial charge in [-0.15, -0.1) is 0 Å². The monoisotopic (exact) mass is 265 g/mol. The van der Waals surface area contributed by atoms with Gasteiger partial charge in [0.1, 0.15) is 5.82 Å². The molecule has 2 atom stereocenters. The molecule has 0 aliphatic heterocycles. The second-order valence-corrected chi connectivity index (χ2v) is 5.53. The van der Waals surface area contributed by atoms with Gasteiger partial charge >= 0.3 is 0 Å². The highest BCUT2D eigenvalue weighted by Gasteiger charge is 2.33. The molecule has 0 amide bonds. The van der Waals surface area contributed by atoms with E-state index in [1.807, 2.05) is 19.5 Å². The Kier molecular flexibility index (Phi) is 5.40. The van der Waals surface area contributed by atoms with Gasteiger partial charge in [0.25, 0.3) is 0 Å². The maximum atomic E-state index is 5.87. The summed E-state index contributed by atoms with van der Waals surface area (Å²) in [7, 11) is 3.90. The summed E-state index contributed by atoms with van der Waals surface area (Å²) in [6.07, 6.45) is 10.7. The van der Waals surface area contributed by atoms with Crippen LogP contribution in [0.4, 0.5) is 0 Å². The zero-order valence-corrected chi connectivity index (χ0v) is 12.4. The summed E-state index contributed by atoms with van der Waals surface area (Å²) in [5.41, 5.74) is 0. The van der Waals surface area contributed by atoms with Crippen LogP contribution in [0.1, 0.15) is 50.9 Å². The molecule has 1 N–H and O–H groups in total. The van der Waals surface area contributed by atoms with Crippen molar-refractivity contribution in [3.8, 4) is 0 Å². The Morgan fingerprint density at radius 3 is 2.68 bits per heavy atom. The van der Waals surface area contributed by atoms with Gasteiger partial charge < -0.3 is 14.6 Å². The van der Waals surface area contributed by atoms with E-state index in [1.165, 1.54) is 32.1 Å². The molecule has 1 saturated carbocycles. The highest BCUT2D eigenvalue weighted by atomic mass is 16.5. The summed E-state index contributed by atoms with van der Waals surface area (Å²) < 4.78 is 7.97. The third-order valence-corrected chi connectivity index (χ3v) is 4.28. The predicted octanol–water partition coefficient (Wildman–Crippen LogP) is 2.67. The first kappa shape index (κ1) is 14.5. The minimum absolute atomic E-state index is 0.193. The van der Waals surface area contributed by atoms with Crippen molar-refractivity contribution in [2.75, 3.05) is 13.7 Å². The van der Waals surface area contributed by atoms with Gasteiger partial charge in [-0.1, -0.05) is 26.2 Å². The highest BCUT2D eigenvalue weighted by molar-refractivity contribution is 5.03. The number of nitrogens with zero attached hydrogens (tertiary/aromatic N) is 2. The largest absolute Gasteiger partial charge is 0.379 e. The van der Waals surface area contributed by atoms with Crippen molar-refractivity contribution in [3.63, 3.8) is 0 Å². The van der Waals surface area contributed by atoms with Crippen molar-refractivity contribution in [1.82, 2.24) is 14.9 Å². The summed E-state index contributed by atoms with van der Waals surface area (Å²) in [5.74, 6) is 1.73. The van der Waals surface area contributed by atoms with Crippen molar-refractivity contribution in [2.24, 2.45) is 13.0 Å². The fraction of sp³-hybridized carbons (Fsp3) is 0.800. The van der Waals surface area contributed by atoms with Crippen LogP contribution in [0.15, 0.2) is 12.4 Å². The molecule has 0 saturated heterocycles. The summed E-state index contributed by atoms with van der Waals surface area (Å²) in [4.78, 5) is 4.52. The van der Waals surface area contributed by atoms with E-state index in [0.29, 0.717) is 5.92 Å². The summed E-state index contributed by atoms with van der Waals surface area (Å²) in [5, 5.41) is 3.57. The molecule has 1 aromatic heterocycles. The molecule has 2 unspecified atom stereocenters. The molecule has 1 fully saturated rings. The lowest BCUT2D eigenvalue weighted by atomic mass is 9.82. The highest BCUT2D eigenvalue weighted by Crippen LogP contribution is 2.33. The number of ether oxygens (including phenoxy) is 1. The van der Waals surface area contributed by atoms with Crippen molar-refractivity contribution >= 4 is 0 Å². The van der Waals surface area contributed by atoms with Crippen molar-refractivity contribution in [3.05, 3.63) is 18.2 Å². The first-order valence-corrected chi connectivity index (χ1v) is 7.51. The van der Waals surface area contributed by atoms with Crippen LogP contribution in [0, 0.1) is 5.92 Å². The Hall–Kier alpha value is -0.870. The quantitative estimate of drug-likeness (QED) is 0.859. The lowest BCUT2D eigenvalue weighted by Gasteiger charge is -2.35. The Labute approximate surface area is 116 Å². The zero-order valence-electron chi connectivity index (χ0n) is 12.4. The molecule has 19 heavy (non-hydrogen) atoms. The predicted molar refractivity (Wildman–Crippen MR) is 77.0 cm³/mol. The van der Waals surface area contributed by atoms with Gasteiger partial charge in [-0.25, -0.2) is 4.98 Å². The van der Waals surface area contributed by atoms with E-state index in [1.54, 1.807) is 0 Å². The van der Waals surface area contributed by atoms with Crippen LogP contribution in [0.3, 0.4) is 0 Å². The number of aromatic nitrogens is 2. The fourth-order valence-electron chi connectivity index (χ4n) is 3.31. The number of rotatable bonds is 6. The van der Waals surface area contributed by atoms with Crippen LogP contribution in [0.5, 0.6) is 0 Å². The minimum Gasteiger partial charge on any atom is -0.379 e. The Morgan fingerprint density at radius 2 is 2.16 bits per heavy atom. The van der Waals surface area contributed by atoms with Crippen LogP contribution in [-0.2, 0) is 11.8 Å². The van der Waals surface area contributed by atoms with E-state index in [2.05, 4.69) is 28.8 Å². The second-order valence-electron chi connectivity index (χ2n) is 5.53. The standard InChI is InChI=1S/C15H27N3O/c1-4-16-13(15-17-10-11-18(15)2)14(19-3)12-8-6-5-7-9-12/h10-14,16H,4-9H2,1-3H3. The molecule has 0 bridgehead atoms. The number of imidazole rings is 1. The van der Waals surface area contributed by atoms with Crippen molar-refractivity contribution in [2.45, 2.75) is 51.2 Å². The lowest BCUT2D eigenvalue weighted by molar-refractivity contribution is 0.00511. The Bertz CT molecular complexity index is 371. The van der Waals surface area contributed by atoms with Crippen LogP contribution < -0.4 is 5.32 Å². The maximum absolute atomic E-state index is 5.87. The van der Waals surface area contributed by atoms with Crippen LogP contribution in [0.2, 0.25) is 0 Å². The van der Waals surface area contributed by atoms with Gasteiger partial charge in [0.05, 0.1) is 12.1 Å². The number of hydrogen-bond acceptors (Lipinski definition) is 3. The number of methoxy groups -OCH3 is 1. The van der Waals surface area contributed by atoms with Gasteiger partial charge in [0.15, 0.2) is 0 Å². The molecule has 1 heterocycles. The number of likely N-dealkylation sites (N-methyl/N-ethyl adjacent to an activating group) is 1. The van der Waals surface area contributed by atoms with E-state index in [4.69, 9.17) is 4.74 Å². The molecule has 0 aromatic carbocycles. The molecular weight excluding hydrogens is 238 g/mol. The molecule has 4 heteroatoms. The number of aryl methyl sites for hydroxylation is 1. The molecule has 1 aliphatic rings. The zero-order chi connectivity index (χ0) is 13.7. The number of hydrogen-bond donors (Lipinski definition) is 1. The lowest BCUT2D eigenvalue weighted by Crippen LogP contribution is -2.40. The normalized spacial score (nSPS) is 20.4. The molecule has 1 aromatic rings. The Balaban J connectivity index is 2.17.